The third kappa shape index (κ3) is 7.09. The molecule has 1 saturated carbocycles. The Morgan fingerprint density at radius 3 is 1.76 bits per heavy atom. The maximum atomic E-state index is 12.7. The van der Waals surface area contributed by atoms with E-state index in [2.05, 4.69) is 4.90 Å². The van der Waals surface area contributed by atoms with Crippen molar-refractivity contribution < 1.29 is 28.2 Å². The van der Waals surface area contributed by atoms with E-state index in [0.717, 1.165) is 13.1 Å². The van der Waals surface area contributed by atoms with E-state index in [1.165, 1.54) is 44.9 Å². The molecule has 1 saturated heterocycles. The highest BCUT2D eigenvalue weighted by molar-refractivity contribution is 7.89. The van der Waals surface area contributed by atoms with Crippen LogP contribution in [-0.4, -0.2) is 72.0 Å². The van der Waals surface area contributed by atoms with Crippen molar-refractivity contribution in [2.75, 3.05) is 26.2 Å². The van der Waals surface area contributed by atoms with Crippen LogP contribution in [-0.2, 0) is 19.6 Å². The Hall–Kier alpha value is -1.97. The largest absolute Gasteiger partial charge is 0.473 e. The van der Waals surface area contributed by atoms with Gasteiger partial charge in [0.2, 0.25) is 10.0 Å². The third-order valence-corrected chi connectivity index (χ3v) is 7.34. The van der Waals surface area contributed by atoms with Crippen molar-refractivity contribution in [1.29, 1.82) is 0 Å². The average Bonchev–Trinajstić information content (AvgIpc) is 2.69. The first-order chi connectivity index (χ1) is 13.8. The molecule has 1 aromatic rings. The van der Waals surface area contributed by atoms with E-state index >= 15 is 0 Å². The standard InChI is InChI=1S/C18H28N2O2S.C2H2O4/c21-23(22,18-11-7-4-8-12-18)20-15-13-19(14-16-20)17-9-5-2-1-3-6-10-17;3-1(4)2(5)6/h4,7-8,11-12,17H,1-3,5-6,9-10,13-16H2;(H,3,4)(H,5,6). The smallest absolute Gasteiger partial charge is 0.414 e. The zero-order valence-electron chi connectivity index (χ0n) is 16.6. The summed E-state index contributed by atoms with van der Waals surface area (Å²) in [6.45, 7) is 2.98. The van der Waals surface area contributed by atoms with Gasteiger partial charge in [0, 0.05) is 32.2 Å². The number of nitrogens with zero attached hydrogens (tertiary/aromatic N) is 2. The fraction of sp³-hybridized carbons (Fsp3) is 0.600. The summed E-state index contributed by atoms with van der Waals surface area (Å²) < 4.78 is 27.0. The molecule has 1 aliphatic heterocycles. The molecule has 2 fully saturated rings. The lowest BCUT2D eigenvalue weighted by molar-refractivity contribution is -0.159. The molecule has 8 nitrogen and oxygen atoms in total. The van der Waals surface area contributed by atoms with Gasteiger partial charge in [0.05, 0.1) is 4.90 Å². The lowest BCUT2D eigenvalue weighted by Gasteiger charge is -2.39. The molecular weight excluding hydrogens is 396 g/mol. The summed E-state index contributed by atoms with van der Waals surface area (Å²) in [4.78, 5) is 21.1. The summed E-state index contributed by atoms with van der Waals surface area (Å²) in [6.07, 6.45) is 9.32. The molecule has 0 amide bonds. The summed E-state index contributed by atoms with van der Waals surface area (Å²) >= 11 is 0. The van der Waals surface area contributed by atoms with Crippen LogP contribution in [0.3, 0.4) is 0 Å². The summed E-state index contributed by atoms with van der Waals surface area (Å²) in [5.74, 6) is -3.65. The van der Waals surface area contributed by atoms with Gasteiger partial charge in [-0.1, -0.05) is 50.3 Å². The molecule has 0 spiro atoms. The molecule has 2 aliphatic rings. The molecule has 2 N–H and O–H groups in total. The number of rotatable bonds is 3. The quantitative estimate of drug-likeness (QED) is 0.712. The van der Waals surface area contributed by atoms with Gasteiger partial charge in [-0.2, -0.15) is 4.31 Å². The van der Waals surface area contributed by atoms with Crippen LogP contribution in [0.25, 0.3) is 0 Å². The molecule has 0 radical (unpaired) electrons. The van der Waals surface area contributed by atoms with Crippen LogP contribution in [0, 0.1) is 0 Å². The van der Waals surface area contributed by atoms with Crippen molar-refractivity contribution in [2.45, 2.75) is 55.9 Å². The Balaban J connectivity index is 0.000000438. The molecule has 162 valence electrons. The topological polar surface area (TPSA) is 115 Å². The second kappa shape index (κ2) is 11.3. The van der Waals surface area contributed by atoms with Crippen molar-refractivity contribution in [1.82, 2.24) is 9.21 Å². The van der Waals surface area contributed by atoms with Gasteiger partial charge >= 0.3 is 11.9 Å². The predicted molar refractivity (Wildman–Crippen MR) is 108 cm³/mol. The fourth-order valence-electron chi connectivity index (χ4n) is 3.85. The number of hydrogen-bond donors (Lipinski definition) is 2. The molecule has 1 aliphatic carbocycles. The maximum Gasteiger partial charge on any atom is 0.414 e. The van der Waals surface area contributed by atoms with Crippen molar-refractivity contribution in [3.05, 3.63) is 30.3 Å². The van der Waals surface area contributed by atoms with E-state index in [1.807, 2.05) is 6.07 Å². The number of carboxylic acid groups (broad SMARTS) is 2. The minimum absolute atomic E-state index is 0.416. The van der Waals surface area contributed by atoms with Gasteiger partial charge in [-0.3, -0.25) is 4.90 Å². The van der Waals surface area contributed by atoms with Crippen molar-refractivity contribution >= 4 is 22.0 Å². The van der Waals surface area contributed by atoms with Crippen LogP contribution >= 0.6 is 0 Å². The molecule has 0 unspecified atom stereocenters. The van der Waals surface area contributed by atoms with E-state index in [0.29, 0.717) is 24.0 Å². The molecule has 3 rings (SSSR count). The van der Waals surface area contributed by atoms with Gasteiger partial charge in [-0.15, -0.1) is 0 Å². The first-order valence-corrected chi connectivity index (χ1v) is 11.5. The Bertz CT molecular complexity index is 740. The highest BCUT2D eigenvalue weighted by Crippen LogP contribution is 2.24. The summed E-state index contributed by atoms with van der Waals surface area (Å²) in [7, 11) is -3.32. The number of carbonyl (C=O) groups is 2. The van der Waals surface area contributed by atoms with Crippen LogP contribution in [0.2, 0.25) is 0 Å². The zero-order valence-corrected chi connectivity index (χ0v) is 17.4. The molecule has 9 heteroatoms. The van der Waals surface area contributed by atoms with E-state index < -0.39 is 22.0 Å². The SMILES string of the molecule is O=C(O)C(=O)O.O=S(=O)(c1ccccc1)N1CCN(C2CCCCCCC2)CC1. The monoisotopic (exact) mass is 426 g/mol. The molecule has 1 aromatic carbocycles. The second-order valence-corrected chi connectivity index (χ2v) is 9.30. The lowest BCUT2D eigenvalue weighted by atomic mass is 9.95. The lowest BCUT2D eigenvalue weighted by Crippen LogP contribution is -2.51. The Labute approximate surface area is 172 Å². The number of benzene rings is 1. The first kappa shape index (κ1) is 23.3. The highest BCUT2D eigenvalue weighted by atomic mass is 32.2. The number of sulfonamides is 1. The normalized spacial score (nSPS) is 20.0. The summed E-state index contributed by atoms with van der Waals surface area (Å²) in [5.41, 5.74) is 0. The Kier molecular flexibility index (Phi) is 9.06. The molecule has 0 aromatic heterocycles. The van der Waals surface area contributed by atoms with Gasteiger partial charge in [0.25, 0.3) is 0 Å². The molecule has 0 bridgehead atoms. The van der Waals surface area contributed by atoms with Crippen molar-refractivity contribution in [2.24, 2.45) is 0 Å². The van der Waals surface area contributed by atoms with Gasteiger partial charge in [-0.05, 0) is 25.0 Å². The van der Waals surface area contributed by atoms with E-state index in [4.69, 9.17) is 19.8 Å². The number of carboxylic acids is 2. The van der Waals surface area contributed by atoms with Gasteiger partial charge < -0.3 is 10.2 Å². The first-order valence-electron chi connectivity index (χ1n) is 10.1. The summed E-state index contributed by atoms with van der Waals surface area (Å²) in [6, 6.07) is 9.48. The average molecular weight is 427 g/mol. The maximum absolute atomic E-state index is 12.7. The van der Waals surface area contributed by atoms with Crippen LogP contribution in [0.5, 0.6) is 0 Å². The summed E-state index contributed by atoms with van der Waals surface area (Å²) in [5, 5.41) is 14.8. The molecule has 1 heterocycles. The van der Waals surface area contributed by atoms with Crippen LogP contribution < -0.4 is 0 Å². The number of aliphatic carboxylic acids is 2. The zero-order chi connectivity index (χ0) is 21.3. The van der Waals surface area contributed by atoms with Crippen LogP contribution in [0.4, 0.5) is 0 Å². The van der Waals surface area contributed by atoms with Crippen molar-refractivity contribution in [3.63, 3.8) is 0 Å². The van der Waals surface area contributed by atoms with E-state index in [9.17, 15) is 8.42 Å². The van der Waals surface area contributed by atoms with Gasteiger partial charge in [0.1, 0.15) is 0 Å². The Morgan fingerprint density at radius 1 is 0.793 bits per heavy atom. The molecule has 0 atom stereocenters. The fourth-order valence-corrected chi connectivity index (χ4v) is 5.29. The number of hydrogen-bond acceptors (Lipinski definition) is 5. The minimum Gasteiger partial charge on any atom is -0.473 e. The predicted octanol–water partition coefficient (Wildman–Crippen LogP) is 2.26. The number of piperazine rings is 1. The van der Waals surface area contributed by atoms with Crippen molar-refractivity contribution in [3.8, 4) is 0 Å². The van der Waals surface area contributed by atoms with Gasteiger partial charge in [-0.25, -0.2) is 18.0 Å². The minimum atomic E-state index is -3.32. The van der Waals surface area contributed by atoms with E-state index in [-0.39, 0.29) is 0 Å². The third-order valence-electron chi connectivity index (χ3n) is 5.43. The second-order valence-electron chi connectivity index (χ2n) is 7.36. The molecule has 29 heavy (non-hydrogen) atoms. The van der Waals surface area contributed by atoms with Crippen LogP contribution in [0.1, 0.15) is 44.9 Å². The van der Waals surface area contributed by atoms with Gasteiger partial charge in [0.15, 0.2) is 0 Å². The van der Waals surface area contributed by atoms with Crippen LogP contribution in [0.15, 0.2) is 35.2 Å². The van der Waals surface area contributed by atoms with E-state index in [1.54, 1.807) is 28.6 Å². The molecular formula is C20H30N2O6S. The Morgan fingerprint density at radius 2 is 1.28 bits per heavy atom. The highest BCUT2D eigenvalue weighted by Gasteiger charge is 2.30.